The van der Waals surface area contributed by atoms with Gasteiger partial charge in [-0.3, -0.25) is 14.5 Å². The van der Waals surface area contributed by atoms with Crippen LogP contribution in [0.5, 0.6) is 5.75 Å². The van der Waals surface area contributed by atoms with Crippen molar-refractivity contribution in [3.05, 3.63) is 40.4 Å². The van der Waals surface area contributed by atoms with Crippen LogP contribution in [0, 0.1) is 0 Å². The molecule has 0 saturated heterocycles. The highest BCUT2D eigenvalue weighted by Crippen LogP contribution is 2.23. The summed E-state index contributed by atoms with van der Waals surface area (Å²) in [5, 5.41) is 4.01. The van der Waals surface area contributed by atoms with Gasteiger partial charge in [-0.05, 0) is 22.0 Å². The Balaban J connectivity index is 2.51. The fourth-order valence-corrected chi connectivity index (χ4v) is 2.05. The minimum Gasteiger partial charge on any atom is -0.494 e. The number of methoxy groups -OCH3 is 1. The molecule has 5 nitrogen and oxygen atoms in total. The molecule has 0 aliphatic heterocycles. The van der Waals surface area contributed by atoms with Crippen molar-refractivity contribution in [3.8, 4) is 5.75 Å². The molecule has 17 heavy (non-hydrogen) atoms. The first kappa shape index (κ1) is 11.8. The Labute approximate surface area is 107 Å². The second-order valence-corrected chi connectivity index (χ2v) is 4.22. The number of carbonyl (C=O) groups excluding carboxylic acids is 1. The second-order valence-electron chi connectivity index (χ2n) is 3.37. The topological polar surface area (TPSA) is 57.0 Å². The first-order chi connectivity index (χ1) is 8.15. The summed E-state index contributed by atoms with van der Waals surface area (Å²) in [4.78, 5) is 16.2. The van der Waals surface area contributed by atoms with E-state index in [4.69, 9.17) is 4.74 Å². The molecule has 88 valence electrons. The number of carbonyl (C=O) groups is 1. The zero-order chi connectivity index (χ0) is 12.4. The number of halogens is 1. The summed E-state index contributed by atoms with van der Waals surface area (Å²) in [7, 11) is 3.22. The van der Waals surface area contributed by atoms with E-state index < -0.39 is 0 Å². The maximum Gasteiger partial charge on any atom is 0.216 e. The van der Waals surface area contributed by atoms with Gasteiger partial charge in [-0.25, -0.2) is 0 Å². The molecule has 0 amide bonds. The summed E-state index contributed by atoms with van der Waals surface area (Å²) in [6.45, 7) is 0. The van der Waals surface area contributed by atoms with E-state index in [1.54, 1.807) is 25.5 Å². The van der Waals surface area contributed by atoms with E-state index in [0.29, 0.717) is 21.5 Å². The lowest BCUT2D eigenvalue weighted by Gasteiger charge is -2.07. The molecule has 6 heteroatoms. The molecule has 0 fully saturated rings. The van der Waals surface area contributed by atoms with Gasteiger partial charge in [-0.2, -0.15) is 5.10 Å². The van der Waals surface area contributed by atoms with E-state index in [-0.39, 0.29) is 5.78 Å². The average Bonchev–Trinajstić information content (AvgIpc) is 2.68. The molecular weight excluding hydrogens is 286 g/mol. The second kappa shape index (κ2) is 4.67. The highest BCUT2D eigenvalue weighted by Gasteiger charge is 2.20. The van der Waals surface area contributed by atoms with E-state index in [1.807, 2.05) is 0 Å². The quantitative estimate of drug-likeness (QED) is 0.811. The van der Waals surface area contributed by atoms with Gasteiger partial charge in [-0.1, -0.05) is 0 Å². The van der Waals surface area contributed by atoms with Crippen LogP contribution in [0.4, 0.5) is 0 Å². The summed E-state index contributed by atoms with van der Waals surface area (Å²) in [5.41, 5.74) is 0.946. The highest BCUT2D eigenvalue weighted by atomic mass is 79.9. The predicted octanol–water partition coefficient (Wildman–Crippen LogP) is 1.82. The van der Waals surface area contributed by atoms with Gasteiger partial charge in [0.1, 0.15) is 11.4 Å². The van der Waals surface area contributed by atoms with Crippen LogP contribution in [0.2, 0.25) is 0 Å². The minimum absolute atomic E-state index is 0.156. The maximum atomic E-state index is 12.3. The molecule has 2 aromatic heterocycles. The predicted molar refractivity (Wildman–Crippen MR) is 65.1 cm³/mol. The van der Waals surface area contributed by atoms with Crippen LogP contribution in [0.1, 0.15) is 16.1 Å². The maximum absolute atomic E-state index is 12.3. The Kier molecular flexibility index (Phi) is 3.23. The van der Waals surface area contributed by atoms with Gasteiger partial charge >= 0.3 is 0 Å². The van der Waals surface area contributed by atoms with E-state index in [0.717, 1.165) is 0 Å². The lowest BCUT2D eigenvalue weighted by Crippen LogP contribution is -2.10. The molecule has 0 bridgehead atoms. The molecule has 0 radical (unpaired) electrons. The molecule has 0 aliphatic rings. The van der Waals surface area contributed by atoms with Gasteiger partial charge in [0.15, 0.2) is 0 Å². The van der Waals surface area contributed by atoms with E-state index in [9.17, 15) is 4.79 Å². The number of aromatic nitrogens is 3. The van der Waals surface area contributed by atoms with Gasteiger partial charge < -0.3 is 4.74 Å². The van der Waals surface area contributed by atoms with Crippen LogP contribution in [-0.4, -0.2) is 27.7 Å². The average molecular weight is 296 g/mol. The number of nitrogens with zero attached hydrogens (tertiary/aromatic N) is 3. The molecule has 0 N–H and O–H groups in total. The molecule has 0 aliphatic carbocycles. The molecule has 2 rings (SSSR count). The molecule has 0 unspecified atom stereocenters. The number of hydrogen-bond acceptors (Lipinski definition) is 4. The number of ether oxygens (including phenoxy) is 1. The summed E-state index contributed by atoms with van der Waals surface area (Å²) < 4.78 is 7.29. The normalized spacial score (nSPS) is 10.3. The number of rotatable bonds is 3. The standard InChI is InChI=1S/C11H10BrN3O2/c1-15-10(8(12)5-14-15)11(16)7-3-4-13-6-9(7)17-2/h3-6H,1-2H3. The molecule has 0 spiro atoms. The number of ketones is 1. The first-order valence-electron chi connectivity index (χ1n) is 4.85. The first-order valence-corrected chi connectivity index (χ1v) is 5.64. The van der Waals surface area contributed by atoms with Crippen LogP contribution < -0.4 is 4.74 Å². The zero-order valence-electron chi connectivity index (χ0n) is 9.35. The molecule has 0 atom stereocenters. The molecule has 0 aromatic carbocycles. The number of pyridine rings is 1. The monoisotopic (exact) mass is 295 g/mol. The lowest BCUT2D eigenvalue weighted by molar-refractivity contribution is 0.102. The Morgan fingerprint density at radius 2 is 2.24 bits per heavy atom. The third kappa shape index (κ3) is 2.08. The van der Waals surface area contributed by atoms with E-state index in [1.165, 1.54) is 18.0 Å². The Morgan fingerprint density at radius 3 is 2.82 bits per heavy atom. The summed E-state index contributed by atoms with van der Waals surface area (Å²) in [6.07, 6.45) is 4.65. The van der Waals surface area contributed by atoms with Crippen molar-refractivity contribution < 1.29 is 9.53 Å². The summed E-state index contributed by atoms with van der Waals surface area (Å²) in [5.74, 6) is 0.293. The highest BCUT2D eigenvalue weighted by molar-refractivity contribution is 9.10. The van der Waals surface area contributed by atoms with Crippen molar-refractivity contribution in [3.63, 3.8) is 0 Å². The van der Waals surface area contributed by atoms with Crippen LogP contribution in [0.15, 0.2) is 29.1 Å². The van der Waals surface area contributed by atoms with Crippen molar-refractivity contribution in [2.75, 3.05) is 7.11 Å². The molecule has 2 aromatic rings. The third-order valence-electron chi connectivity index (χ3n) is 2.36. The SMILES string of the molecule is COc1cnccc1C(=O)c1c(Br)cnn1C. The molecular formula is C11H10BrN3O2. The van der Waals surface area contributed by atoms with E-state index in [2.05, 4.69) is 26.0 Å². The van der Waals surface area contributed by atoms with Gasteiger partial charge in [0.2, 0.25) is 5.78 Å². The van der Waals surface area contributed by atoms with Crippen molar-refractivity contribution in [2.24, 2.45) is 7.05 Å². The van der Waals surface area contributed by atoms with Crippen molar-refractivity contribution in [2.45, 2.75) is 0 Å². The van der Waals surface area contributed by atoms with Crippen molar-refractivity contribution in [1.82, 2.24) is 14.8 Å². The minimum atomic E-state index is -0.156. The summed E-state index contributed by atoms with van der Waals surface area (Å²) >= 11 is 3.30. The smallest absolute Gasteiger partial charge is 0.216 e. The number of aryl methyl sites for hydroxylation is 1. The van der Waals surface area contributed by atoms with Crippen LogP contribution in [0.3, 0.4) is 0 Å². The van der Waals surface area contributed by atoms with Crippen molar-refractivity contribution >= 4 is 21.7 Å². The Bertz CT molecular complexity index is 546. The van der Waals surface area contributed by atoms with Gasteiger partial charge in [-0.15, -0.1) is 0 Å². The van der Waals surface area contributed by atoms with Gasteiger partial charge in [0.05, 0.1) is 29.5 Å². The van der Waals surface area contributed by atoms with Crippen LogP contribution in [-0.2, 0) is 7.05 Å². The summed E-state index contributed by atoms with van der Waals surface area (Å²) in [6, 6.07) is 1.63. The molecule has 2 heterocycles. The Hall–Kier alpha value is -1.69. The zero-order valence-corrected chi connectivity index (χ0v) is 10.9. The fourth-order valence-electron chi connectivity index (χ4n) is 1.52. The Morgan fingerprint density at radius 1 is 1.47 bits per heavy atom. The van der Waals surface area contributed by atoms with E-state index >= 15 is 0 Å². The largest absolute Gasteiger partial charge is 0.494 e. The third-order valence-corrected chi connectivity index (χ3v) is 2.94. The van der Waals surface area contributed by atoms with Crippen molar-refractivity contribution in [1.29, 1.82) is 0 Å². The molecule has 0 saturated carbocycles. The van der Waals surface area contributed by atoms with Crippen LogP contribution in [0.25, 0.3) is 0 Å². The number of hydrogen-bond donors (Lipinski definition) is 0. The lowest BCUT2D eigenvalue weighted by atomic mass is 10.1. The van der Waals surface area contributed by atoms with Gasteiger partial charge in [0.25, 0.3) is 0 Å². The van der Waals surface area contributed by atoms with Crippen LogP contribution >= 0.6 is 15.9 Å². The van der Waals surface area contributed by atoms with Gasteiger partial charge in [0, 0.05) is 13.2 Å². The fraction of sp³-hybridized carbons (Fsp3) is 0.182.